The molecule has 0 amide bonds. The Balaban J connectivity index is 3.39. The van der Waals surface area contributed by atoms with Gasteiger partial charge in [-0.25, -0.2) is 4.79 Å². The molecule has 0 aliphatic rings. The molecule has 1 rings (SSSR count). The number of anilines is 2. The van der Waals surface area contributed by atoms with Crippen molar-refractivity contribution in [2.75, 3.05) is 30.8 Å². The zero-order chi connectivity index (χ0) is 12.3. The first kappa shape index (κ1) is 12.3. The number of rotatable bonds is 4. The van der Waals surface area contributed by atoms with Gasteiger partial charge in [-0.05, 0) is 6.92 Å². The number of nitrogens with two attached hydrogens (primary N) is 1. The van der Waals surface area contributed by atoms with Crippen LogP contribution in [0.4, 0.5) is 11.5 Å². The molecule has 0 aliphatic heterocycles. The Kier molecular flexibility index (Phi) is 3.73. The van der Waals surface area contributed by atoms with Gasteiger partial charge in [-0.3, -0.25) is 14.3 Å². The smallest absolute Gasteiger partial charge is 0.330 e. The van der Waals surface area contributed by atoms with Gasteiger partial charge in [-0.15, -0.1) is 0 Å². The summed E-state index contributed by atoms with van der Waals surface area (Å²) in [7, 11) is 1.63. The quantitative estimate of drug-likeness (QED) is 0.586. The Morgan fingerprint density at radius 1 is 1.50 bits per heavy atom. The molecule has 4 N–H and O–H groups in total. The second kappa shape index (κ2) is 4.84. The van der Waals surface area contributed by atoms with Gasteiger partial charge in [0.2, 0.25) is 0 Å². The summed E-state index contributed by atoms with van der Waals surface area (Å²) < 4.78 is 1.27. The summed E-state index contributed by atoms with van der Waals surface area (Å²) in [5.74, 6) is 0.118. The standard InChI is InChI=1S/C9H16N4O3/c1-3-13-7(10)6(12(2)4-5-14)8(15)11-9(13)16/h14H,3-5,10H2,1-2H3,(H,11,15,16). The van der Waals surface area contributed by atoms with Crippen molar-refractivity contribution in [2.24, 2.45) is 0 Å². The number of aromatic amines is 1. The fourth-order valence-corrected chi connectivity index (χ4v) is 1.52. The van der Waals surface area contributed by atoms with E-state index in [4.69, 9.17) is 10.8 Å². The lowest BCUT2D eigenvalue weighted by molar-refractivity contribution is 0.304. The number of nitrogens with zero attached hydrogens (tertiary/aromatic N) is 2. The van der Waals surface area contributed by atoms with E-state index in [9.17, 15) is 9.59 Å². The van der Waals surface area contributed by atoms with Crippen molar-refractivity contribution in [3.05, 3.63) is 20.8 Å². The maximum absolute atomic E-state index is 11.6. The van der Waals surface area contributed by atoms with E-state index >= 15 is 0 Å². The summed E-state index contributed by atoms with van der Waals surface area (Å²) in [6, 6.07) is 0. The highest BCUT2D eigenvalue weighted by molar-refractivity contribution is 5.61. The Morgan fingerprint density at radius 2 is 2.12 bits per heavy atom. The first-order chi connectivity index (χ1) is 7.52. The van der Waals surface area contributed by atoms with Crippen LogP contribution in [0.1, 0.15) is 6.92 Å². The molecule has 0 radical (unpaired) electrons. The van der Waals surface area contributed by atoms with E-state index in [2.05, 4.69) is 4.98 Å². The molecule has 0 spiro atoms. The van der Waals surface area contributed by atoms with E-state index in [-0.39, 0.29) is 24.7 Å². The van der Waals surface area contributed by atoms with Crippen LogP contribution in [-0.2, 0) is 6.54 Å². The summed E-state index contributed by atoms with van der Waals surface area (Å²) in [5.41, 5.74) is 4.89. The molecular weight excluding hydrogens is 212 g/mol. The molecule has 0 saturated carbocycles. The molecule has 1 aromatic rings. The van der Waals surface area contributed by atoms with E-state index < -0.39 is 11.2 Å². The lowest BCUT2D eigenvalue weighted by Gasteiger charge is -2.20. The third-order valence-corrected chi connectivity index (χ3v) is 2.35. The van der Waals surface area contributed by atoms with E-state index in [1.165, 1.54) is 9.47 Å². The first-order valence-corrected chi connectivity index (χ1v) is 4.97. The largest absolute Gasteiger partial charge is 0.395 e. The number of hydrogen-bond donors (Lipinski definition) is 3. The molecule has 0 fully saturated rings. The molecule has 0 aliphatic carbocycles. The molecule has 7 nitrogen and oxygen atoms in total. The van der Waals surface area contributed by atoms with Crippen LogP contribution < -0.4 is 21.9 Å². The summed E-state index contributed by atoms with van der Waals surface area (Å²) in [6.07, 6.45) is 0. The number of H-pyrrole nitrogens is 1. The van der Waals surface area contributed by atoms with Crippen molar-refractivity contribution in [2.45, 2.75) is 13.5 Å². The average Bonchev–Trinajstić information content (AvgIpc) is 2.17. The molecule has 1 aromatic heterocycles. The molecule has 7 heteroatoms. The Labute approximate surface area is 92.1 Å². The molecule has 0 aromatic carbocycles. The highest BCUT2D eigenvalue weighted by atomic mass is 16.3. The second-order valence-electron chi connectivity index (χ2n) is 3.38. The highest BCUT2D eigenvalue weighted by Crippen LogP contribution is 2.13. The molecule has 0 unspecified atom stereocenters. The maximum atomic E-state index is 11.6. The van der Waals surface area contributed by atoms with Crippen LogP contribution in [0.2, 0.25) is 0 Å². The van der Waals surface area contributed by atoms with E-state index in [0.29, 0.717) is 6.54 Å². The van der Waals surface area contributed by atoms with Gasteiger partial charge in [0.1, 0.15) is 11.5 Å². The van der Waals surface area contributed by atoms with Gasteiger partial charge in [-0.1, -0.05) is 0 Å². The van der Waals surface area contributed by atoms with Gasteiger partial charge in [0.15, 0.2) is 0 Å². The van der Waals surface area contributed by atoms with Crippen LogP contribution in [0.25, 0.3) is 0 Å². The maximum Gasteiger partial charge on any atom is 0.330 e. The summed E-state index contributed by atoms with van der Waals surface area (Å²) in [6.45, 7) is 2.31. The Morgan fingerprint density at radius 3 is 2.62 bits per heavy atom. The normalized spacial score (nSPS) is 10.4. The third-order valence-electron chi connectivity index (χ3n) is 2.35. The van der Waals surface area contributed by atoms with Crippen molar-refractivity contribution in [3.63, 3.8) is 0 Å². The molecule has 0 atom stereocenters. The number of nitrogens with one attached hydrogen (secondary N) is 1. The predicted octanol–water partition coefficient (Wildman–Crippen LogP) is -1.43. The SMILES string of the molecule is CCn1c(N)c(N(C)CCO)c(=O)[nH]c1=O. The van der Waals surface area contributed by atoms with Gasteiger partial charge >= 0.3 is 5.69 Å². The van der Waals surface area contributed by atoms with Gasteiger partial charge in [0, 0.05) is 20.1 Å². The van der Waals surface area contributed by atoms with Crippen molar-refractivity contribution in [1.82, 2.24) is 9.55 Å². The molecule has 0 bridgehead atoms. The Bertz CT molecular complexity index is 477. The van der Waals surface area contributed by atoms with Crippen molar-refractivity contribution in [3.8, 4) is 0 Å². The number of hydrogen-bond acceptors (Lipinski definition) is 5. The number of aliphatic hydroxyl groups excluding tert-OH is 1. The van der Waals surface area contributed by atoms with Crippen LogP contribution in [0.3, 0.4) is 0 Å². The topological polar surface area (TPSA) is 104 Å². The minimum Gasteiger partial charge on any atom is -0.395 e. The van der Waals surface area contributed by atoms with Crippen LogP contribution in [-0.4, -0.2) is 34.9 Å². The lowest BCUT2D eigenvalue weighted by atomic mass is 10.4. The minimum atomic E-state index is -0.539. The number of nitrogen functional groups attached to an aromatic ring is 1. The number of aliphatic hydroxyl groups is 1. The van der Waals surface area contributed by atoms with Crippen molar-refractivity contribution in [1.29, 1.82) is 0 Å². The number of likely N-dealkylation sites (N-methyl/N-ethyl adjacent to an activating group) is 1. The van der Waals surface area contributed by atoms with Crippen molar-refractivity contribution >= 4 is 11.5 Å². The Hall–Kier alpha value is -1.76. The lowest BCUT2D eigenvalue weighted by Crippen LogP contribution is -2.37. The van der Waals surface area contributed by atoms with Crippen LogP contribution >= 0.6 is 0 Å². The first-order valence-electron chi connectivity index (χ1n) is 4.97. The van der Waals surface area contributed by atoms with Gasteiger partial charge in [0.25, 0.3) is 5.56 Å². The van der Waals surface area contributed by atoms with E-state index in [1.807, 2.05) is 0 Å². The van der Waals surface area contributed by atoms with E-state index in [1.54, 1.807) is 14.0 Å². The summed E-state index contributed by atoms with van der Waals surface area (Å²) >= 11 is 0. The average molecular weight is 228 g/mol. The van der Waals surface area contributed by atoms with Gasteiger partial charge in [0.05, 0.1) is 6.61 Å². The number of aromatic nitrogens is 2. The van der Waals surface area contributed by atoms with Crippen LogP contribution in [0.5, 0.6) is 0 Å². The molecule has 1 heterocycles. The molecule has 16 heavy (non-hydrogen) atoms. The second-order valence-corrected chi connectivity index (χ2v) is 3.38. The van der Waals surface area contributed by atoms with Crippen LogP contribution in [0, 0.1) is 0 Å². The fourth-order valence-electron chi connectivity index (χ4n) is 1.52. The monoisotopic (exact) mass is 228 g/mol. The highest BCUT2D eigenvalue weighted by Gasteiger charge is 2.14. The van der Waals surface area contributed by atoms with E-state index in [0.717, 1.165) is 0 Å². The summed E-state index contributed by atoms with van der Waals surface area (Å²) in [5, 5.41) is 8.80. The zero-order valence-corrected chi connectivity index (χ0v) is 9.36. The van der Waals surface area contributed by atoms with Gasteiger partial charge in [-0.2, -0.15) is 0 Å². The zero-order valence-electron chi connectivity index (χ0n) is 9.36. The third kappa shape index (κ3) is 2.08. The summed E-state index contributed by atoms with van der Waals surface area (Å²) in [4.78, 5) is 26.7. The van der Waals surface area contributed by atoms with Gasteiger partial charge < -0.3 is 15.7 Å². The molecular formula is C9H16N4O3. The molecule has 0 saturated heterocycles. The fraction of sp³-hybridized carbons (Fsp3) is 0.556. The van der Waals surface area contributed by atoms with Crippen molar-refractivity contribution < 1.29 is 5.11 Å². The predicted molar refractivity (Wildman–Crippen MR) is 61.8 cm³/mol. The van der Waals surface area contributed by atoms with Crippen LogP contribution in [0.15, 0.2) is 9.59 Å². The minimum absolute atomic E-state index is 0.0966. The molecule has 90 valence electrons.